The number of amides is 1. The van der Waals surface area contributed by atoms with Crippen molar-refractivity contribution in [1.29, 1.82) is 0 Å². The predicted molar refractivity (Wildman–Crippen MR) is 70.5 cm³/mol. The van der Waals surface area contributed by atoms with Crippen LogP contribution in [0.4, 0.5) is 11.4 Å². The van der Waals surface area contributed by atoms with Crippen LogP contribution in [-0.4, -0.2) is 23.4 Å². The molecule has 1 aromatic carbocycles. The Labute approximate surface area is 112 Å². The Hall–Kier alpha value is -1.63. The maximum atomic E-state index is 11.6. The van der Waals surface area contributed by atoms with Crippen LogP contribution < -0.4 is 10.6 Å². The zero-order valence-corrected chi connectivity index (χ0v) is 11.1. The fourth-order valence-corrected chi connectivity index (χ4v) is 2.22. The van der Waals surface area contributed by atoms with Crippen molar-refractivity contribution in [2.45, 2.75) is 18.9 Å². The summed E-state index contributed by atoms with van der Waals surface area (Å²) in [6.45, 7) is 0.666. The molecule has 0 saturated carbocycles. The zero-order chi connectivity index (χ0) is 13.1. The molecular weight excluding hydrogens is 302 g/mol. The number of piperidine rings is 1. The summed E-state index contributed by atoms with van der Waals surface area (Å²) < 4.78 is 0.632. The molecule has 1 atom stereocenters. The highest BCUT2D eigenvalue weighted by molar-refractivity contribution is 9.10. The van der Waals surface area contributed by atoms with E-state index in [0.717, 1.165) is 6.42 Å². The summed E-state index contributed by atoms with van der Waals surface area (Å²) in [6, 6.07) is 4.32. The second-order valence-corrected chi connectivity index (χ2v) is 4.96. The summed E-state index contributed by atoms with van der Waals surface area (Å²) in [5.74, 6) is -0.113. The Kier molecular flexibility index (Phi) is 3.81. The number of carbonyl (C=O) groups is 1. The first kappa shape index (κ1) is 12.8. The summed E-state index contributed by atoms with van der Waals surface area (Å²) in [6.07, 6.45) is 1.55. The van der Waals surface area contributed by atoms with Crippen LogP contribution in [0.25, 0.3) is 0 Å². The highest BCUT2D eigenvalue weighted by Gasteiger charge is 2.24. The number of nitro benzene ring substituents is 1. The Balaban J connectivity index is 2.22. The lowest BCUT2D eigenvalue weighted by molar-refractivity contribution is -0.384. The predicted octanol–water partition coefficient (Wildman–Crippen LogP) is 2.05. The van der Waals surface area contributed by atoms with Crippen molar-refractivity contribution in [2.24, 2.45) is 0 Å². The quantitative estimate of drug-likeness (QED) is 0.660. The number of rotatable bonds is 3. The van der Waals surface area contributed by atoms with Gasteiger partial charge in [0.1, 0.15) is 11.7 Å². The molecule has 18 heavy (non-hydrogen) atoms. The average molecular weight is 314 g/mol. The van der Waals surface area contributed by atoms with Gasteiger partial charge in [-0.05, 0) is 25.0 Å². The summed E-state index contributed by atoms with van der Waals surface area (Å²) in [7, 11) is 0. The molecule has 0 bridgehead atoms. The number of benzene rings is 1. The fraction of sp³-hybridized carbons (Fsp3) is 0.364. The van der Waals surface area contributed by atoms with Crippen LogP contribution in [0, 0.1) is 10.1 Å². The van der Waals surface area contributed by atoms with Crippen LogP contribution in [-0.2, 0) is 4.79 Å². The number of anilines is 1. The molecule has 0 aliphatic carbocycles. The number of hydrogen-bond donors (Lipinski definition) is 2. The first-order valence-corrected chi connectivity index (χ1v) is 6.35. The number of hydrogen-bond acceptors (Lipinski definition) is 4. The summed E-state index contributed by atoms with van der Waals surface area (Å²) in [4.78, 5) is 22.1. The largest absolute Gasteiger partial charge is 0.368 e. The molecule has 1 fully saturated rings. The smallest absolute Gasteiger partial charge is 0.293 e. The van der Waals surface area contributed by atoms with Crippen molar-refractivity contribution >= 4 is 33.2 Å². The molecule has 96 valence electrons. The van der Waals surface area contributed by atoms with Crippen molar-refractivity contribution in [3.8, 4) is 0 Å². The van der Waals surface area contributed by atoms with E-state index in [-0.39, 0.29) is 11.6 Å². The molecule has 1 aliphatic rings. The first-order valence-electron chi connectivity index (χ1n) is 5.56. The molecule has 2 N–H and O–H groups in total. The van der Waals surface area contributed by atoms with Crippen LogP contribution in [0.2, 0.25) is 0 Å². The van der Waals surface area contributed by atoms with Gasteiger partial charge in [-0.3, -0.25) is 14.9 Å². The van der Waals surface area contributed by atoms with E-state index < -0.39 is 11.0 Å². The second-order valence-electron chi connectivity index (χ2n) is 4.05. The topological polar surface area (TPSA) is 84.3 Å². The van der Waals surface area contributed by atoms with Gasteiger partial charge >= 0.3 is 0 Å². The van der Waals surface area contributed by atoms with Gasteiger partial charge < -0.3 is 10.6 Å². The lowest BCUT2D eigenvalue weighted by Gasteiger charge is -2.23. The maximum absolute atomic E-state index is 11.6. The standard InChI is InChI=1S/C11H12BrN3O3/c12-7-3-4-8(10(6-7)15(17)18)14-9-2-1-5-13-11(9)16/h3-4,6,9,14H,1-2,5H2,(H,13,16). The van der Waals surface area contributed by atoms with E-state index in [1.54, 1.807) is 12.1 Å². The highest BCUT2D eigenvalue weighted by atomic mass is 79.9. The van der Waals surface area contributed by atoms with Crippen LogP contribution >= 0.6 is 15.9 Å². The van der Waals surface area contributed by atoms with E-state index in [2.05, 4.69) is 26.6 Å². The molecule has 6 nitrogen and oxygen atoms in total. The SMILES string of the molecule is O=C1NCCCC1Nc1ccc(Br)cc1[N+](=O)[O-]. The van der Waals surface area contributed by atoms with Crippen molar-refractivity contribution in [1.82, 2.24) is 5.32 Å². The van der Waals surface area contributed by atoms with Crippen molar-refractivity contribution in [2.75, 3.05) is 11.9 Å². The van der Waals surface area contributed by atoms with Gasteiger partial charge in [-0.1, -0.05) is 15.9 Å². The van der Waals surface area contributed by atoms with E-state index in [4.69, 9.17) is 0 Å². The molecule has 1 heterocycles. The van der Waals surface area contributed by atoms with Crippen LogP contribution in [0.15, 0.2) is 22.7 Å². The normalized spacial score (nSPS) is 19.2. The third kappa shape index (κ3) is 2.79. The minimum absolute atomic E-state index is 0.0391. The zero-order valence-electron chi connectivity index (χ0n) is 9.48. The van der Waals surface area contributed by atoms with Gasteiger partial charge in [0.2, 0.25) is 5.91 Å². The number of nitro groups is 1. The monoisotopic (exact) mass is 313 g/mol. The Morgan fingerprint density at radius 2 is 2.28 bits per heavy atom. The first-order chi connectivity index (χ1) is 8.58. The minimum Gasteiger partial charge on any atom is -0.368 e. The fourth-order valence-electron chi connectivity index (χ4n) is 1.88. The van der Waals surface area contributed by atoms with Gasteiger partial charge in [-0.25, -0.2) is 0 Å². The third-order valence-electron chi connectivity index (χ3n) is 2.77. The van der Waals surface area contributed by atoms with Gasteiger partial charge in [-0.2, -0.15) is 0 Å². The van der Waals surface area contributed by atoms with Crippen molar-refractivity contribution in [3.05, 3.63) is 32.8 Å². The number of halogens is 1. The number of carbonyl (C=O) groups excluding carboxylic acids is 1. The van der Waals surface area contributed by atoms with E-state index in [1.807, 2.05) is 0 Å². The third-order valence-corrected chi connectivity index (χ3v) is 3.26. The van der Waals surface area contributed by atoms with Gasteiger partial charge in [0.15, 0.2) is 0 Å². The molecule has 1 aliphatic heterocycles. The second kappa shape index (κ2) is 5.34. The molecule has 1 aromatic rings. The lowest BCUT2D eigenvalue weighted by atomic mass is 10.1. The Bertz CT molecular complexity index is 492. The molecule has 0 spiro atoms. The molecular formula is C11H12BrN3O3. The van der Waals surface area contributed by atoms with Gasteiger partial charge in [-0.15, -0.1) is 0 Å². The van der Waals surface area contributed by atoms with Gasteiger partial charge in [0, 0.05) is 17.1 Å². The molecule has 1 saturated heterocycles. The molecule has 0 aromatic heterocycles. The highest BCUT2D eigenvalue weighted by Crippen LogP contribution is 2.29. The summed E-state index contributed by atoms with van der Waals surface area (Å²) in [5, 5.41) is 16.6. The van der Waals surface area contributed by atoms with Crippen LogP contribution in [0.1, 0.15) is 12.8 Å². The van der Waals surface area contributed by atoms with E-state index in [9.17, 15) is 14.9 Å². The van der Waals surface area contributed by atoms with Crippen molar-refractivity contribution < 1.29 is 9.72 Å². The molecule has 2 rings (SSSR count). The molecule has 7 heteroatoms. The summed E-state index contributed by atoms with van der Waals surface area (Å²) >= 11 is 3.19. The minimum atomic E-state index is -0.464. The van der Waals surface area contributed by atoms with E-state index in [1.165, 1.54) is 6.07 Å². The Morgan fingerprint density at radius 3 is 2.94 bits per heavy atom. The molecule has 1 unspecified atom stereocenters. The van der Waals surface area contributed by atoms with Crippen LogP contribution in [0.5, 0.6) is 0 Å². The maximum Gasteiger partial charge on any atom is 0.293 e. The van der Waals surface area contributed by atoms with Gasteiger partial charge in [0.05, 0.1) is 4.92 Å². The molecule has 0 radical (unpaired) electrons. The molecule has 1 amide bonds. The summed E-state index contributed by atoms with van der Waals surface area (Å²) in [5.41, 5.74) is 0.327. The number of nitrogens with zero attached hydrogens (tertiary/aromatic N) is 1. The number of nitrogens with one attached hydrogen (secondary N) is 2. The van der Waals surface area contributed by atoms with E-state index in [0.29, 0.717) is 23.1 Å². The van der Waals surface area contributed by atoms with Gasteiger partial charge in [0.25, 0.3) is 5.69 Å². The van der Waals surface area contributed by atoms with Crippen molar-refractivity contribution in [3.63, 3.8) is 0 Å². The Morgan fingerprint density at radius 1 is 1.50 bits per heavy atom. The lowest BCUT2D eigenvalue weighted by Crippen LogP contribution is -2.44. The average Bonchev–Trinajstić information content (AvgIpc) is 2.34. The van der Waals surface area contributed by atoms with Crippen LogP contribution in [0.3, 0.4) is 0 Å². The van der Waals surface area contributed by atoms with E-state index >= 15 is 0 Å².